The van der Waals surface area contributed by atoms with E-state index in [1.807, 2.05) is 12.1 Å². The van der Waals surface area contributed by atoms with E-state index < -0.39 is 16.5 Å². The Balaban J connectivity index is 1.57. The second kappa shape index (κ2) is 8.21. The van der Waals surface area contributed by atoms with Crippen LogP contribution in [0.4, 0.5) is 8.78 Å². The van der Waals surface area contributed by atoms with Crippen molar-refractivity contribution in [2.45, 2.75) is 17.6 Å². The van der Waals surface area contributed by atoms with Gasteiger partial charge in [-0.25, -0.2) is 9.37 Å². The number of hydrogen-bond donors (Lipinski definition) is 1. The normalized spacial score (nSPS) is 21.2. The number of nitrogens with zero attached hydrogens (tertiary/aromatic N) is 2. The van der Waals surface area contributed by atoms with Crippen LogP contribution in [0.15, 0.2) is 59.7 Å². The van der Waals surface area contributed by atoms with Crippen LogP contribution in [0.2, 0.25) is 0 Å². The highest BCUT2D eigenvalue weighted by Gasteiger charge is 2.46. The number of aliphatic imine (C=N–C) groups is 1. The van der Waals surface area contributed by atoms with Gasteiger partial charge in [-0.15, -0.1) is 0 Å². The van der Waals surface area contributed by atoms with Gasteiger partial charge >= 0.3 is 0 Å². The Morgan fingerprint density at radius 1 is 1.06 bits per heavy atom. The highest BCUT2D eigenvalue weighted by Crippen LogP contribution is 2.58. The molecule has 0 fully saturated rings. The summed E-state index contributed by atoms with van der Waals surface area (Å²) in [7, 11) is 0. The monoisotopic (exact) mass is 477 g/mol. The van der Waals surface area contributed by atoms with Gasteiger partial charge in [0.15, 0.2) is 16.7 Å². The molecular weight excluding hydrogens is 456 g/mol. The molecule has 0 saturated carbocycles. The van der Waals surface area contributed by atoms with Crippen LogP contribution >= 0.6 is 11.8 Å². The number of nitrogens with two attached hydrogens (primary N) is 1. The zero-order valence-electron chi connectivity index (χ0n) is 18.2. The van der Waals surface area contributed by atoms with Crippen LogP contribution in [0, 0.1) is 11.8 Å². The molecule has 2 N–H and O–H groups in total. The van der Waals surface area contributed by atoms with Crippen molar-refractivity contribution >= 4 is 22.5 Å². The van der Waals surface area contributed by atoms with E-state index in [9.17, 15) is 4.39 Å². The smallest absolute Gasteiger partial charge is 0.220 e. The summed E-state index contributed by atoms with van der Waals surface area (Å²) in [6.45, 7) is 1.58. The largest absolute Gasteiger partial charge is 0.454 e. The Morgan fingerprint density at radius 2 is 1.94 bits per heavy atom. The summed E-state index contributed by atoms with van der Waals surface area (Å²) < 4.78 is 41.0. The second-order valence-electron chi connectivity index (χ2n) is 8.46. The molecule has 2 aromatic carbocycles. The van der Waals surface area contributed by atoms with E-state index in [0.29, 0.717) is 53.8 Å². The maximum Gasteiger partial charge on any atom is 0.220 e. The lowest BCUT2D eigenvalue weighted by atomic mass is 9.81. The minimum absolute atomic E-state index is 0.191. The van der Waals surface area contributed by atoms with Crippen molar-refractivity contribution in [3.63, 3.8) is 0 Å². The van der Waals surface area contributed by atoms with Crippen molar-refractivity contribution in [2.75, 3.05) is 19.8 Å². The molecule has 0 saturated heterocycles. The van der Waals surface area contributed by atoms with Crippen LogP contribution in [-0.2, 0) is 9.48 Å². The average molecular weight is 478 g/mol. The summed E-state index contributed by atoms with van der Waals surface area (Å²) in [6, 6.07) is 12.3. The molecule has 3 aliphatic rings. The van der Waals surface area contributed by atoms with Gasteiger partial charge in [0.25, 0.3) is 0 Å². The molecule has 1 aromatic heterocycles. The first kappa shape index (κ1) is 21.3. The van der Waals surface area contributed by atoms with Crippen LogP contribution in [0.1, 0.15) is 29.5 Å². The molecule has 3 aromatic rings. The standard InChI is InChI=1S/C26H21F2N3O2S/c27-21-13-17(16-3-2-10-32-14-16)12-20-23(21)33-22-6-5-15(18-4-1-8-30-24(18)28)11-19(22)26(20)7-9-31-25(29)34-26/h1,3-6,8,11-13H,2,7,9-10,14H2,(H2,29,31)/t26-/m0/s1. The maximum absolute atomic E-state index is 15.5. The molecule has 1 atom stereocenters. The Kier molecular flexibility index (Phi) is 5.15. The zero-order valence-corrected chi connectivity index (χ0v) is 19.0. The molecule has 172 valence electrons. The van der Waals surface area contributed by atoms with E-state index in [-0.39, 0.29) is 5.75 Å². The molecule has 6 rings (SSSR count). The first-order valence-electron chi connectivity index (χ1n) is 11.1. The lowest BCUT2D eigenvalue weighted by Crippen LogP contribution is -2.35. The Morgan fingerprint density at radius 3 is 2.74 bits per heavy atom. The Hall–Kier alpha value is -3.23. The van der Waals surface area contributed by atoms with Crippen LogP contribution in [0.5, 0.6) is 11.5 Å². The first-order chi connectivity index (χ1) is 16.5. The molecule has 0 amide bonds. The summed E-state index contributed by atoms with van der Waals surface area (Å²) in [6.07, 6.45) is 4.88. The van der Waals surface area contributed by atoms with Gasteiger partial charge < -0.3 is 15.2 Å². The van der Waals surface area contributed by atoms with Crippen molar-refractivity contribution < 1.29 is 18.3 Å². The number of thioether (sulfide) groups is 1. The van der Waals surface area contributed by atoms with E-state index in [1.165, 1.54) is 24.0 Å². The molecule has 4 heterocycles. The van der Waals surface area contributed by atoms with E-state index in [4.69, 9.17) is 15.2 Å². The molecule has 0 unspecified atom stereocenters. The second-order valence-corrected chi connectivity index (χ2v) is 9.78. The maximum atomic E-state index is 15.5. The lowest BCUT2D eigenvalue weighted by Gasteiger charge is -2.41. The van der Waals surface area contributed by atoms with Crippen molar-refractivity contribution in [1.82, 2.24) is 4.98 Å². The van der Waals surface area contributed by atoms with Gasteiger partial charge in [-0.05, 0) is 65.9 Å². The molecular formula is C26H21F2N3O2S. The number of aromatic nitrogens is 1. The van der Waals surface area contributed by atoms with Crippen LogP contribution in [0.25, 0.3) is 16.7 Å². The first-order valence-corrected chi connectivity index (χ1v) is 11.9. The number of benzene rings is 2. The van der Waals surface area contributed by atoms with Crippen molar-refractivity contribution in [3.05, 3.63) is 83.2 Å². The van der Waals surface area contributed by atoms with E-state index in [0.717, 1.165) is 23.1 Å². The number of ether oxygens (including phenoxy) is 2. The van der Waals surface area contributed by atoms with Gasteiger partial charge in [0.1, 0.15) is 5.75 Å². The number of amidine groups is 1. The van der Waals surface area contributed by atoms with E-state index >= 15 is 4.39 Å². The van der Waals surface area contributed by atoms with Gasteiger partial charge in [-0.3, -0.25) is 4.99 Å². The summed E-state index contributed by atoms with van der Waals surface area (Å²) in [5.41, 5.74) is 10.5. The predicted octanol–water partition coefficient (Wildman–Crippen LogP) is 5.63. The molecule has 0 aliphatic carbocycles. The summed E-state index contributed by atoms with van der Waals surface area (Å²) in [4.78, 5) is 8.16. The number of hydrogen-bond acceptors (Lipinski definition) is 6. The van der Waals surface area contributed by atoms with Gasteiger partial charge in [0, 0.05) is 29.4 Å². The number of rotatable bonds is 2. The predicted molar refractivity (Wildman–Crippen MR) is 129 cm³/mol. The highest BCUT2D eigenvalue weighted by atomic mass is 32.2. The number of fused-ring (bicyclic) bond motifs is 4. The summed E-state index contributed by atoms with van der Waals surface area (Å²) >= 11 is 1.39. The van der Waals surface area contributed by atoms with Crippen LogP contribution < -0.4 is 10.5 Å². The quantitative estimate of drug-likeness (QED) is 0.485. The fourth-order valence-electron chi connectivity index (χ4n) is 4.86. The Bertz CT molecular complexity index is 1370. The minimum Gasteiger partial charge on any atom is -0.454 e. The topological polar surface area (TPSA) is 69.7 Å². The summed E-state index contributed by atoms with van der Waals surface area (Å²) in [5, 5.41) is 0.425. The molecule has 0 radical (unpaired) electrons. The number of pyridine rings is 1. The van der Waals surface area contributed by atoms with E-state index in [1.54, 1.807) is 24.3 Å². The fraction of sp³-hybridized carbons (Fsp3) is 0.231. The number of halogens is 2. The fourth-order valence-corrected chi connectivity index (χ4v) is 6.10. The lowest BCUT2D eigenvalue weighted by molar-refractivity contribution is 0.164. The van der Waals surface area contributed by atoms with Crippen molar-refractivity contribution in [2.24, 2.45) is 10.7 Å². The molecule has 8 heteroatoms. The highest BCUT2D eigenvalue weighted by molar-refractivity contribution is 8.14. The van der Waals surface area contributed by atoms with Gasteiger partial charge in [-0.1, -0.05) is 23.9 Å². The van der Waals surface area contributed by atoms with Gasteiger partial charge in [0.05, 0.1) is 18.0 Å². The molecule has 5 nitrogen and oxygen atoms in total. The van der Waals surface area contributed by atoms with Gasteiger partial charge in [-0.2, -0.15) is 4.39 Å². The van der Waals surface area contributed by atoms with Crippen molar-refractivity contribution in [3.8, 4) is 22.6 Å². The molecule has 34 heavy (non-hydrogen) atoms. The SMILES string of the molecule is NC1=NCC[C@]2(S1)c1cc(-c3cccnc3F)ccc1Oc1c(F)cc(C3=CCCOC3)cc12. The van der Waals surface area contributed by atoms with E-state index in [2.05, 4.69) is 16.1 Å². The molecule has 1 spiro atoms. The van der Waals surface area contributed by atoms with Crippen molar-refractivity contribution in [1.29, 1.82) is 0 Å². The third-order valence-electron chi connectivity index (χ3n) is 6.47. The van der Waals surface area contributed by atoms with Crippen LogP contribution in [0.3, 0.4) is 0 Å². The third-order valence-corrected chi connectivity index (χ3v) is 7.80. The summed E-state index contributed by atoms with van der Waals surface area (Å²) in [5.74, 6) is -0.276. The zero-order chi connectivity index (χ0) is 23.3. The Labute approximate surface area is 199 Å². The molecule has 3 aliphatic heterocycles. The molecule has 0 bridgehead atoms. The van der Waals surface area contributed by atoms with Crippen LogP contribution in [-0.4, -0.2) is 29.9 Å². The van der Waals surface area contributed by atoms with Gasteiger partial charge in [0.2, 0.25) is 5.95 Å². The minimum atomic E-state index is -0.726. The third kappa shape index (κ3) is 3.40. The average Bonchev–Trinajstić information content (AvgIpc) is 2.86.